The van der Waals surface area contributed by atoms with Gasteiger partial charge in [-0.1, -0.05) is 42.5 Å². The summed E-state index contributed by atoms with van der Waals surface area (Å²) in [6.07, 6.45) is 3.98. The van der Waals surface area contributed by atoms with Gasteiger partial charge in [0.15, 0.2) is 0 Å². The second kappa shape index (κ2) is 4.24. The minimum atomic E-state index is 0.0233. The van der Waals surface area contributed by atoms with E-state index in [1.807, 2.05) is 36.4 Å². The molecule has 1 heterocycles. The molecule has 0 bridgehead atoms. The average molecular weight is 175 g/mol. The highest BCUT2D eigenvalue weighted by molar-refractivity contribution is 5.49. The van der Waals surface area contributed by atoms with Crippen LogP contribution >= 0.6 is 0 Å². The van der Waals surface area contributed by atoms with Crippen molar-refractivity contribution in [2.75, 3.05) is 6.61 Å². The quantitative estimate of drug-likeness (QED) is 0.671. The van der Waals surface area contributed by atoms with Crippen LogP contribution in [0.15, 0.2) is 36.4 Å². The SMILES string of the molecule is [2H]/C(=C\c1ccccc1)C1CCCO1. The van der Waals surface area contributed by atoms with Crippen molar-refractivity contribution in [3.05, 3.63) is 41.9 Å². The van der Waals surface area contributed by atoms with Crippen LogP contribution in [-0.4, -0.2) is 12.7 Å². The molecule has 0 aliphatic carbocycles. The van der Waals surface area contributed by atoms with Gasteiger partial charge in [0.2, 0.25) is 0 Å². The van der Waals surface area contributed by atoms with Gasteiger partial charge in [0, 0.05) is 6.61 Å². The summed E-state index contributed by atoms with van der Waals surface area (Å²) in [5.74, 6) is 0. The van der Waals surface area contributed by atoms with Crippen LogP contribution in [0.25, 0.3) is 6.08 Å². The summed E-state index contributed by atoms with van der Waals surface area (Å²) in [7, 11) is 0. The zero-order valence-corrected chi connectivity index (χ0v) is 7.57. The molecule has 0 amide bonds. The molecule has 1 unspecified atom stereocenters. The van der Waals surface area contributed by atoms with E-state index in [-0.39, 0.29) is 6.10 Å². The normalized spacial score (nSPS) is 24.5. The first-order chi connectivity index (χ1) is 6.86. The Morgan fingerprint density at radius 1 is 1.38 bits per heavy atom. The molecule has 0 saturated carbocycles. The van der Waals surface area contributed by atoms with E-state index in [1.165, 1.54) is 0 Å². The molecule has 0 radical (unpaired) electrons. The minimum absolute atomic E-state index is 0.0233. The summed E-state index contributed by atoms with van der Waals surface area (Å²) >= 11 is 0. The van der Waals surface area contributed by atoms with Crippen LogP contribution in [0.5, 0.6) is 0 Å². The van der Waals surface area contributed by atoms with Gasteiger partial charge < -0.3 is 4.74 Å². The standard InChI is InChI=1S/C12H14O/c1-2-5-11(6-3-1)8-9-12-7-4-10-13-12/h1-3,5-6,8-9,12H,4,7,10H2/b9-8+/i9D. The number of ether oxygens (including phenoxy) is 1. The van der Waals surface area contributed by atoms with Gasteiger partial charge in [0.05, 0.1) is 7.47 Å². The van der Waals surface area contributed by atoms with E-state index in [1.54, 1.807) is 0 Å². The molecule has 13 heavy (non-hydrogen) atoms. The summed E-state index contributed by atoms with van der Waals surface area (Å²) in [6.45, 7) is 0.801. The Hall–Kier alpha value is -1.08. The van der Waals surface area contributed by atoms with E-state index in [9.17, 15) is 0 Å². The summed E-state index contributed by atoms with van der Waals surface area (Å²) in [4.78, 5) is 0. The Bertz CT molecular complexity index is 312. The molecular weight excluding hydrogens is 160 g/mol. The lowest BCUT2D eigenvalue weighted by atomic mass is 10.1. The van der Waals surface area contributed by atoms with Crippen LogP contribution in [0.2, 0.25) is 0 Å². The topological polar surface area (TPSA) is 9.23 Å². The number of hydrogen-bond donors (Lipinski definition) is 0. The van der Waals surface area contributed by atoms with E-state index < -0.39 is 0 Å². The Morgan fingerprint density at radius 2 is 2.23 bits per heavy atom. The maximum Gasteiger partial charge on any atom is 0.0759 e. The van der Waals surface area contributed by atoms with Gasteiger partial charge in [-0.15, -0.1) is 0 Å². The zero-order chi connectivity index (χ0) is 9.80. The van der Waals surface area contributed by atoms with Gasteiger partial charge in [-0.3, -0.25) is 0 Å². The van der Waals surface area contributed by atoms with E-state index in [0.717, 1.165) is 25.0 Å². The largest absolute Gasteiger partial charge is 0.374 e. The Morgan fingerprint density at radius 3 is 2.92 bits per heavy atom. The molecule has 1 aliphatic heterocycles. The summed E-state index contributed by atoms with van der Waals surface area (Å²) < 4.78 is 13.3. The highest BCUT2D eigenvalue weighted by Gasteiger charge is 2.10. The van der Waals surface area contributed by atoms with Crippen LogP contribution in [0.4, 0.5) is 0 Å². The van der Waals surface area contributed by atoms with Crippen molar-refractivity contribution >= 4 is 6.08 Å². The van der Waals surface area contributed by atoms with Gasteiger partial charge in [-0.25, -0.2) is 0 Å². The molecule has 0 N–H and O–H groups in total. The lowest BCUT2D eigenvalue weighted by Gasteiger charge is -2.00. The Kier molecular flexibility index (Phi) is 2.39. The summed E-state index contributed by atoms with van der Waals surface area (Å²) in [5, 5.41) is 0. The molecular formula is C12H14O. The zero-order valence-electron chi connectivity index (χ0n) is 8.57. The summed E-state index contributed by atoms with van der Waals surface area (Å²) in [5.41, 5.74) is 1.08. The molecule has 0 aromatic heterocycles. The van der Waals surface area contributed by atoms with Gasteiger partial charge >= 0.3 is 0 Å². The van der Waals surface area contributed by atoms with Gasteiger partial charge in [0.1, 0.15) is 0 Å². The molecule has 1 fully saturated rings. The molecule has 1 heteroatoms. The van der Waals surface area contributed by atoms with Gasteiger partial charge in [-0.05, 0) is 18.4 Å². The van der Waals surface area contributed by atoms with Gasteiger partial charge in [0.25, 0.3) is 0 Å². The third-order valence-electron chi connectivity index (χ3n) is 2.17. The molecule has 2 rings (SSSR count). The first-order valence-corrected chi connectivity index (χ1v) is 4.71. The molecule has 1 nitrogen and oxygen atoms in total. The van der Waals surface area contributed by atoms with Crippen molar-refractivity contribution in [1.82, 2.24) is 0 Å². The second-order valence-electron chi connectivity index (χ2n) is 3.22. The van der Waals surface area contributed by atoms with Crippen LogP contribution in [0.3, 0.4) is 0 Å². The van der Waals surface area contributed by atoms with E-state index in [2.05, 4.69) is 0 Å². The first-order valence-electron chi connectivity index (χ1n) is 5.21. The van der Waals surface area contributed by atoms with Crippen molar-refractivity contribution in [3.8, 4) is 0 Å². The van der Waals surface area contributed by atoms with E-state index in [4.69, 9.17) is 6.11 Å². The molecule has 1 atom stereocenters. The van der Waals surface area contributed by atoms with Crippen LogP contribution < -0.4 is 0 Å². The fourth-order valence-corrected chi connectivity index (χ4v) is 1.45. The number of benzene rings is 1. The Labute approximate surface area is 80.4 Å². The van der Waals surface area contributed by atoms with Crippen LogP contribution in [-0.2, 0) is 4.74 Å². The highest BCUT2D eigenvalue weighted by atomic mass is 16.5. The smallest absolute Gasteiger partial charge is 0.0759 e. The van der Waals surface area contributed by atoms with E-state index in [0.29, 0.717) is 6.05 Å². The third kappa shape index (κ3) is 2.43. The maximum absolute atomic E-state index is 7.84. The van der Waals surface area contributed by atoms with Crippen molar-refractivity contribution in [2.45, 2.75) is 18.9 Å². The molecule has 68 valence electrons. The monoisotopic (exact) mass is 175 g/mol. The van der Waals surface area contributed by atoms with Gasteiger partial charge in [-0.2, -0.15) is 0 Å². The summed E-state index contributed by atoms with van der Waals surface area (Å²) in [6, 6.07) is 10.5. The molecule has 1 aromatic carbocycles. The van der Waals surface area contributed by atoms with Crippen molar-refractivity contribution < 1.29 is 6.11 Å². The average Bonchev–Trinajstić information content (AvgIpc) is 2.72. The minimum Gasteiger partial charge on any atom is -0.374 e. The van der Waals surface area contributed by atoms with Crippen LogP contribution in [0.1, 0.15) is 19.8 Å². The Balaban J connectivity index is 2.10. The second-order valence-corrected chi connectivity index (χ2v) is 3.22. The molecule has 1 aliphatic rings. The van der Waals surface area contributed by atoms with Crippen LogP contribution in [0, 0.1) is 0 Å². The van der Waals surface area contributed by atoms with Crippen molar-refractivity contribution in [2.24, 2.45) is 0 Å². The fourth-order valence-electron chi connectivity index (χ4n) is 1.45. The van der Waals surface area contributed by atoms with E-state index >= 15 is 0 Å². The number of hydrogen-bond acceptors (Lipinski definition) is 1. The molecule has 1 saturated heterocycles. The lowest BCUT2D eigenvalue weighted by molar-refractivity contribution is 0.146. The van der Waals surface area contributed by atoms with Crippen molar-refractivity contribution in [3.63, 3.8) is 0 Å². The predicted octanol–water partition coefficient (Wildman–Crippen LogP) is 2.88. The predicted molar refractivity (Wildman–Crippen MR) is 54.5 cm³/mol. The third-order valence-corrected chi connectivity index (χ3v) is 2.17. The van der Waals surface area contributed by atoms with Crippen molar-refractivity contribution in [1.29, 1.82) is 0 Å². The highest BCUT2D eigenvalue weighted by Crippen LogP contribution is 2.14. The first kappa shape index (κ1) is 7.34. The molecule has 0 spiro atoms. The fraction of sp³-hybridized carbons (Fsp3) is 0.333. The number of rotatable bonds is 2. The maximum atomic E-state index is 7.84. The molecule has 1 aromatic rings. The lowest BCUT2D eigenvalue weighted by Crippen LogP contribution is -1.98.